The van der Waals surface area contributed by atoms with Crippen molar-refractivity contribution in [1.29, 1.82) is 0 Å². The molecular weight excluding hydrogens is 412 g/mol. The van der Waals surface area contributed by atoms with Crippen molar-refractivity contribution >= 4 is 50.7 Å². The summed E-state index contributed by atoms with van der Waals surface area (Å²) in [4.78, 5) is 12.6. The van der Waals surface area contributed by atoms with Gasteiger partial charge in [-0.05, 0) is 24.3 Å². The largest absolute Gasteiger partial charge is 0.495 e. The molecule has 0 atom stereocenters. The van der Waals surface area contributed by atoms with Crippen molar-refractivity contribution < 1.29 is 22.7 Å². The second-order valence-corrected chi connectivity index (χ2v) is 8.82. The predicted octanol–water partition coefficient (Wildman–Crippen LogP) is 3.59. The third-order valence-electron chi connectivity index (χ3n) is 3.84. The van der Waals surface area contributed by atoms with Crippen molar-refractivity contribution in [3.05, 3.63) is 35.4 Å². The monoisotopic (exact) mass is 428 g/mol. The number of fused-ring (bicyclic) bond motifs is 1. The number of hydrogen-bond acceptors (Lipinski definition) is 6. The fraction of sp³-hybridized carbons (Fsp3) is 0.235. The highest BCUT2D eigenvalue weighted by atomic mass is 35.5. The first-order valence-electron chi connectivity index (χ1n) is 7.85. The van der Waals surface area contributed by atoms with Crippen LogP contribution in [0.5, 0.6) is 11.5 Å². The summed E-state index contributed by atoms with van der Waals surface area (Å²) in [5.74, 6) is 1.12. The smallest absolute Gasteiger partial charge is 0.262 e. The standard InChI is InChI=1S/C17H17ClN2O5S2/c1-24-14-9-15(25-2)12(8-11(14)18)20-27(22,23)10-3-4-16-13(7-10)19-17(21)5-6-26-16/h3-4,7-9,20H,5-6H2,1-2H3,(H,19,21). The van der Waals surface area contributed by atoms with Gasteiger partial charge in [-0.2, -0.15) is 0 Å². The van der Waals surface area contributed by atoms with Gasteiger partial charge in [-0.1, -0.05) is 11.6 Å². The molecule has 0 fully saturated rings. The van der Waals surface area contributed by atoms with Gasteiger partial charge in [-0.3, -0.25) is 9.52 Å². The molecule has 10 heteroatoms. The Balaban J connectivity index is 1.96. The number of ether oxygens (including phenoxy) is 2. The molecule has 1 amide bonds. The van der Waals surface area contributed by atoms with E-state index in [0.717, 1.165) is 4.90 Å². The van der Waals surface area contributed by atoms with Gasteiger partial charge in [-0.15, -0.1) is 11.8 Å². The van der Waals surface area contributed by atoms with E-state index < -0.39 is 10.0 Å². The van der Waals surface area contributed by atoms with E-state index in [2.05, 4.69) is 10.0 Å². The minimum Gasteiger partial charge on any atom is -0.495 e. The van der Waals surface area contributed by atoms with Gasteiger partial charge in [0.25, 0.3) is 10.0 Å². The molecule has 144 valence electrons. The maximum absolute atomic E-state index is 12.8. The Morgan fingerprint density at radius 3 is 2.59 bits per heavy atom. The molecule has 0 aliphatic carbocycles. The lowest BCUT2D eigenvalue weighted by molar-refractivity contribution is -0.115. The Morgan fingerprint density at radius 2 is 1.89 bits per heavy atom. The number of amides is 1. The van der Waals surface area contributed by atoms with Gasteiger partial charge in [-0.25, -0.2) is 8.42 Å². The first kappa shape index (κ1) is 19.7. The lowest BCUT2D eigenvalue weighted by Gasteiger charge is -2.15. The number of sulfonamides is 1. The molecular formula is C17H17ClN2O5S2. The highest BCUT2D eigenvalue weighted by Crippen LogP contribution is 2.38. The van der Waals surface area contributed by atoms with E-state index in [9.17, 15) is 13.2 Å². The van der Waals surface area contributed by atoms with Crippen molar-refractivity contribution in [3.8, 4) is 11.5 Å². The minimum atomic E-state index is -3.94. The zero-order chi connectivity index (χ0) is 19.6. The molecule has 0 spiro atoms. The molecule has 7 nitrogen and oxygen atoms in total. The Hall–Kier alpha value is -2.10. The molecule has 0 aromatic heterocycles. The number of anilines is 2. The van der Waals surface area contributed by atoms with Crippen molar-refractivity contribution in [2.45, 2.75) is 16.2 Å². The van der Waals surface area contributed by atoms with E-state index >= 15 is 0 Å². The van der Waals surface area contributed by atoms with Gasteiger partial charge in [0.1, 0.15) is 11.5 Å². The molecule has 3 rings (SSSR count). The molecule has 1 aliphatic rings. The van der Waals surface area contributed by atoms with Crippen LogP contribution < -0.4 is 19.5 Å². The molecule has 0 saturated heterocycles. The molecule has 0 bridgehead atoms. The van der Waals surface area contributed by atoms with Crippen LogP contribution in [0.15, 0.2) is 40.1 Å². The van der Waals surface area contributed by atoms with Crippen molar-refractivity contribution in [3.63, 3.8) is 0 Å². The summed E-state index contributed by atoms with van der Waals surface area (Å²) in [5, 5.41) is 2.97. The van der Waals surface area contributed by atoms with E-state index in [-0.39, 0.29) is 27.3 Å². The topological polar surface area (TPSA) is 93.7 Å². The number of rotatable bonds is 5. The Morgan fingerprint density at radius 1 is 1.15 bits per heavy atom. The number of hydrogen-bond donors (Lipinski definition) is 2. The number of nitrogens with one attached hydrogen (secondary N) is 2. The normalized spacial score (nSPS) is 14.0. The second kappa shape index (κ2) is 7.87. The average Bonchev–Trinajstić information content (AvgIpc) is 2.81. The van der Waals surface area contributed by atoms with Crippen LogP contribution in [0, 0.1) is 0 Å². The number of benzene rings is 2. The van der Waals surface area contributed by atoms with E-state index in [0.29, 0.717) is 23.6 Å². The van der Waals surface area contributed by atoms with Crippen LogP contribution in [0.3, 0.4) is 0 Å². The first-order valence-corrected chi connectivity index (χ1v) is 10.7. The molecule has 27 heavy (non-hydrogen) atoms. The van der Waals surface area contributed by atoms with E-state index in [1.165, 1.54) is 50.2 Å². The van der Waals surface area contributed by atoms with Crippen molar-refractivity contribution in [2.24, 2.45) is 0 Å². The van der Waals surface area contributed by atoms with Gasteiger partial charge < -0.3 is 14.8 Å². The van der Waals surface area contributed by atoms with Gasteiger partial charge in [0.05, 0.1) is 35.5 Å². The molecule has 0 saturated carbocycles. The number of carbonyl (C=O) groups is 1. The molecule has 0 radical (unpaired) electrons. The van der Waals surface area contributed by atoms with Gasteiger partial charge in [0, 0.05) is 23.1 Å². The number of carbonyl (C=O) groups excluding carboxylic acids is 1. The maximum atomic E-state index is 12.8. The van der Waals surface area contributed by atoms with Crippen LogP contribution in [-0.4, -0.2) is 34.3 Å². The average molecular weight is 429 g/mol. The van der Waals surface area contributed by atoms with E-state index in [1.807, 2.05) is 0 Å². The molecule has 0 unspecified atom stereocenters. The molecule has 2 aromatic rings. The summed E-state index contributed by atoms with van der Waals surface area (Å²) in [6.45, 7) is 0. The Kier molecular flexibility index (Phi) is 5.73. The molecule has 2 aromatic carbocycles. The quantitative estimate of drug-likeness (QED) is 0.755. The van der Waals surface area contributed by atoms with Crippen LogP contribution >= 0.6 is 23.4 Å². The Bertz CT molecular complexity index is 995. The fourth-order valence-electron chi connectivity index (χ4n) is 2.51. The second-order valence-electron chi connectivity index (χ2n) is 5.60. The van der Waals surface area contributed by atoms with Gasteiger partial charge >= 0.3 is 0 Å². The van der Waals surface area contributed by atoms with E-state index in [4.69, 9.17) is 21.1 Å². The molecule has 1 aliphatic heterocycles. The Labute approximate surface area is 166 Å². The van der Waals surface area contributed by atoms with Crippen LogP contribution in [0.25, 0.3) is 0 Å². The number of halogens is 1. The summed E-state index contributed by atoms with van der Waals surface area (Å²) < 4.78 is 38.5. The summed E-state index contributed by atoms with van der Waals surface area (Å²) >= 11 is 7.60. The predicted molar refractivity (Wildman–Crippen MR) is 106 cm³/mol. The highest BCUT2D eigenvalue weighted by Gasteiger charge is 2.21. The number of thioether (sulfide) groups is 1. The van der Waals surface area contributed by atoms with Gasteiger partial charge in [0.15, 0.2) is 0 Å². The zero-order valence-corrected chi connectivity index (χ0v) is 16.9. The lowest BCUT2D eigenvalue weighted by Crippen LogP contribution is -2.15. The maximum Gasteiger partial charge on any atom is 0.262 e. The van der Waals surface area contributed by atoms with E-state index in [1.54, 1.807) is 6.07 Å². The van der Waals surface area contributed by atoms with Crippen LogP contribution in [-0.2, 0) is 14.8 Å². The number of methoxy groups -OCH3 is 2. The van der Waals surface area contributed by atoms with Crippen molar-refractivity contribution in [1.82, 2.24) is 0 Å². The van der Waals surface area contributed by atoms with Crippen LogP contribution in [0.1, 0.15) is 6.42 Å². The first-order chi connectivity index (χ1) is 12.8. The fourth-order valence-corrected chi connectivity index (χ4v) is 4.77. The molecule has 1 heterocycles. The SMILES string of the molecule is COc1cc(OC)c(NS(=O)(=O)c2ccc3c(c2)NC(=O)CCS3)cc1Cl. The molecule has 2 N–H and O–H groups in total. The third kappa shape index (κ3) is 4.26. The van der Waals surface area contributed by atoms with Gasteiger partial charge in [0.2, 0.25) is 5.91 Å². The lowest BCUT2D eigenvalue weighted by atomic mass is 10.3. The van der Waals surface area contributed by atoms with Crippen molar-refractivity contribution in [2.75, 3.05) is 30.0 Å². The zero-order valence-electron chi connectivity index (χ0n) is 14.5. The minimum absolute atomic E-state index is 0.0121. The van der Waals surface area contributed by atoms with Crippen LogP contribution in [0.4, 0.5) is 11.4 Å². The summed E-state index contributed by atoms with van der Waals surface area (Å²) in [6.07, 6.45) is 0.376. The summed E-state index contributed by atoms with van der Waals surface area (Å²) in [5.41, 5.74) is 0.654. The summed E-state index contributed by atoms with van der Waals surface area (Å²) in [6, 6.07) is 7.51. The van der Waals surface area contributed by atoms with Crippen LogP contribution in [0.2, 0.25) is 5.02 Å². The summed E-state index contributed by atoms with van der Waals surface area (Å²) in [7, 11) is -1.07. The highest BCUT2D eigenvalue weighted by molar-refractivity contribution is 7.99. The third-order valence-corrected chi connectivity index (χ3v) is 6.57.